The predicted octanol–water partition coefficient (Wildman–Crippen LogP) is 1.53. The fourth-order valence-electron chi connectivity index (χ4n) is 1.54. The van der Waals surface area contributed by atoms with Gasteiger partial charge in [-0.05, 0) is 34.2 Å². The highest BCUT2D eigenvalue weighted by Gasteiger charge is 2.18. The first kappa shape index (κ1) is 17.1. The number of aromatic nitrogens is 4. The molecule has 0 aliphatic heterocycles. The van der Waals surface area contributed by atoms with E-state index in [1.54, 1.807) is 6.20 Å². The Hall–Kier alpha value is -1.27. The van der Waals surface area contributed by atoms with Crippen LogP contribution >= 0.6 is 34.2 Å². The summed E-state index contributed by atoms with van der Waals surface area (Å²) in [5.41, 5.74) is 0.473. The minimum Gasteiger partial charge on any atom is -0.363 e. The van der Waals surface area contributed by atoms with Gasteiger partial charge in [-0.15, -0.1) is 0 Å². The van der Waals surface area contributed by atoms with Crippen molar-refractivity contribution in [2.24, 2.45) is 0 Å². The van der Waals surface area contributed by atoms with E-state index >= 15 is 0 Å². The van der Waals surface area contributed by atoms with E-state index in [4.69, 9.17) is 11.6 Å². The van der Waals surface area contributed by atoms with Crippen LogP contribution in [0.15, 0.2) is 18.6 Å². The molecule has 0 atom stereocenters. The van der Waals surface area contributed by atoms with Gasteiger partial charge in [0.25, 0.3) is 0 Å². The lowest BCUT2D eigenvalue weighted by molar-refractivity contribution is 0.599. The van der Waals surface area contributed by atoms with Crippen molar-refractivity contribution < 1.29 is 8.42 Å². The van der Waals surface area contributed by atoms with E-state index in [0.29, 0.717) is 11.5 Å². The van der Waals surface area contributed by atoms with Crippen molar-refractivity contribution in [3.05, 3.63) is 33.1 Å². The van der Waals surface area contributed by atoms with Crippen LogP contribution in [0.4, 0.5) is 11.6 Å². The van der Waals surface area contributed by atoms with Gasteiger partial charge in [-0.2, -0.15) is 4.98 Å². The summed E-state index contributed by atoms with van der Waals surface area (Å²) in [6, 6.07) is 0. The van der Waals surface area contributed by atoms with Crippen molar-refractivity contribution in [2.75, 3.05) is 22.9 Å². The normalized spacial score (nSPS) is 11.3. The molecule has 2 aromatic heterocycles. The highest BCUT2D eigenvalue weighted by atomic mass is 127. The zero-order valence-corrected chi connectivity index (χ0v) is 15.4. The van der Waals surface area contributed by atoms with E-state index in [0.717, 1.165) is 14.1 Å². The Morgan fingerprint density at radius 3 is 2.68 bits per heavy atom. The summed E-state index contributed by atoms with van der Waals surface area (Å²) in [6.45, 7) is 0.242. The van der Waals surface area contributed by atoms with Crippen LogP contribution in [0.5, 0.6) is 0 Å². The molecule has 11 heteroatoms. The lowest BCUT2D eigenvalue weighted by Gasteiger charge is -2.18. The second kappa shape index (κ2) is 6.87. The molecule has 0 radical (unpaired) electrons. The standard InChI is InChI=1S/C11H12ClIN6O2S/c1-19(22(2,20)21)10-8(14-3-4-15-10)6-16-9-7(13)5-17-11(12)18-9/h3-5H,6H2,1-2H3,(H,16,17,18). The van der Waals surface area contributed by atoms with E-state index in [1.807, 2.05) is 0 Å². The number of nitrogens with zero attached hydrogens (tertiary/aromatic N) is 5. The van der Waals surface area contributed by atoms with E-state index in [-0.39, 0.29) is 17.6 Å². The molecular weight excluding hydrogens is 443 g/mol. The first-order valence-corrected chi connectivity index (χ1v) is 9.25. The summed E-state index contributed by atoms with van der Waals surface area (Å²) < 4.78 is 25.2. The third-order valence-corrected chi connectivity index (χ3v) is 4.83. The zero-order chi connectivity index (χ0) is 16.3. The Bertz CT molecular complexity index is 788. The quantitative estimate of drug-likeness (QED) is 0.540. The smallest absolute Gasteiger partial charge is 0.233 e. The molecule has 0 unspecified atom stereocenters. The molecule has 22 heavy (non-hydrogen) atoms. The van der Waals surface area contributed by atoms with Gasteiger partial charge in [-0.3, -0.25) is 9.29 Å². The molecule has 0 saturated carbocycles. The molecular formula is C11H12ClIN6O2S. The van der Waals surface area contributed by atoms with Crippen molar-refractivity contribution in [3.63, 3.8) is 0 Å². The molecule has 0 amide bonds. The van der Waals surface area contributed by atoms with Crippen LogP contribution in [-0.2, 0) is 16.6 Å². The van der Waals surface area contributed by atoms with Gasteiger partial charge in [0, 0.05) is 25.6 Å². The number of nitrogens with one attached hydrogen (secondary N) is 1. The van der Waals surface area contributed by atoms with E-state index in [1.165, 1.54) is 19.4 Å². The highest BCUT2D eigenvalue weighted by Crippen LogP contribution is 2.20. The Balaban J connectivity index is 2.26. The Kier molecular flexibility index (Phi) is 5.34. The van der Waals surface area contributed by atoms with Crippen molar-refractivity contribution in [1.29, 1.82) is 0 Å². The van der Waals surface area contributed by atoms with Crippen LogP contribution in [0.25, 0.3) is 0 Å². The molecule has 118 valence electrons. The summed E-state index contributed by atoms with van der Waals surface area (Å²) in [5, 5.41) is 3.17. The van der Waals surface area contributed by atoms with Gasteiger partial charge in [0.15, 0.2) is 5.82 Å². The molecule has 0 aliphatic carbocycles. The largest absolute Gasteiger partial charge is 0.363 e. The molecule has 2 rings (SSSR count). The highest BCUT2D eigenvalue weighted by molar-refractivity contribution is 14.1. The number of rotatable bonds is 5. The van der Waals surface area contributed by atoms with E-state index in [9.17, 15) is 8.42 Å². The molecule has 0 spiro atoms. The van der Waals surface area contributed by atoms with Crippen molar-refractivity contribution in [3.8, 4) is 0 Å². The molecule has 0 aliphatic rings. The SMILES string of the molecule is CN(c1nccnc1CNc1nc(Cl)ncc1I)S(C)(=O)=O. The van der Waals surface area contributed by atoms with Gasteiger partial charge < -0.3 is 5.32 Å². The average molecular weight is 455 g/mol. The minimum atomic E-state index is -3.42. The van der Waals surface area contributed by atoms with Gasteiger partial charge in [0.2, 0.25) is 15.3 Å². The molecule has 1 N–H and O–H groups in total. The number of hydrogen-bond acceptors (Lipinski definition) is 7. The van der Waals surface area contributed by atoms with Crippen LogP contribution in [0.1, 0.15) is 5.69 Å². The van der Waals surface area contributed by atoms with E-state index < -0.39 is 10.0 Å². The van der Waals surface area contributed by atoms with Gasteiger partial charge in [0.05, 0.1) is 16.4 Å². The number of hydrogen-bond donors (Lipinski definition) is 1. The fraction of sp³-hybridized carbons (Fsp3) is 0.273. The molecule has 8 nitrogen and oxygen atoms in total. The van der Waals surface area contributed by atoms with Gasteiger partial charge in [0.1, 0.15) is 11.5 Å². The predicted molar refractivity (Wildman–Crippen MR) is 92.4 cm³/mol. The fourth-order valence-corrected chi connectivity index (χ4v) is 2.59. The number of sulfonamides is 1. The Morgan fingerprint density at radius 2 is 2.00 bits per heavy atom. The third-order valence-electron chi connectivity index (χ3n) is 2.69. The second-order valence-electron chi connectivity index (χ2n) is 4.25. The van der Waals surface area contributed by atoms with Gasteiger partial charge in [-0.1, -0.05) is 0 Å². The van der Waals surface area contributed by atoms with Crippen LogP contribution in [-0.4, -0.2) is 41.7 Å². The zero-order valence-electron chi connectivity index (χ0n) is 11.7. The minimum absolute atomic E-state index is 0.121. The Morgan fingerprint density at radius 1 is 1.32 bits per heavy atom. The van der Waals surface area contributed by atoms with Crippen molar-refractivity contribution >= 4 is 55.9 Å². The molecule has 0 bridgehead atoms. The average Bonchev–Trinajstić information content (AvgIpc) is 2.47. The third kappa shape index (κ3) is 4.14. The topological polar surface area (TPSA) is 101 Å². The maximum atomic E-state index is 11.7. The van der Waals surface area contributed by atoms with Crippen LogP contribution in [0, 0.1) is 3.57 Å². The van der Waals surface area contributed by atoms with Crippen LogP contribution in [0.2, 0.25) is 5.28 Å². The molecule has 2 heterocycles. The van der Waals surface area contributed by atoms with Gasteiger partial charge >= 0.3 is 0 Å². The molecule has 0 saturated heterocycles. The maximum Gasteiger partial charge on any atom is 0.233 e. The molecule has 0 aromatic carbocycles. The van der Waals surface area contributed by atoms with Crippen LogP contribution < -0.4 is 9.62 Å². The molecule has 2 aromatic rings. The van der Waals surface area contributed by atoms with Crippen molar-refractivity contribution in [2.45, 2.75) is 6.54 Å². The molecule has 0 fully saturated rings. The maximum absolute atomic E-state index is 11.7. The summed E-state index contributed by atoms with van der Waals surface area (Å²) in [4.78, 5) is 16.2. The first-order chi connectivity index (χ1) is 10.3. The monoisotopic (exact) mass is 454 g/mol. The summed E-state index contributed by atoms with van der Waals surface area (Å²) in [5.74, 6) is 0.798. The summed E-state index contributed by atoms with van der Waals surface area (Å²) in [6.07, 6.45) is 5.62. The van der Waals surface area contributed by atoms with E-state index in [2.05, 4.69) is 47.8 Å². The lowest BCUT2D eigenvalue weighted by atomic mass is 10.4. The first-order valence-electron chi connectivity index (χ1n) is 5.94. The Labute approximate surface area is 146 Å². The second-order valence-corrected chi connectivity index (χ2v) is 7.76. The van der Waals surface area contributed by atoms with Crippen LogP contribution in [0.3, 0.4) is 0 Å². The van der Waals surface area contributed by atoms with Crippen molar-refractivity contribution in [1.82, 2.24) is 19.9 Å². The lowest BCUT2D eigenvalue weighted by Crippen LogP contribution is -2.27. The number of anilines is 2. The summed E-state index contributed by atoms with van der Waals surface area (Å²) in [7, 11) is -2.00. The number of halogens is 2. The summed E-state index contributed by atoms with van der Waals surface area (Å²) >= 11 is 7.83. The van der Waals surface area contributed by atoms with Gasteiger partial charge in [-0.25, -0.2) is 18.4 Å².